The van der Waals surface area contributed by atoms with Crippen LogP contribution in [0.1, 0.15) is 20.8 Å². The Morgan fingerprint density at radius 3 is 2.44 bits per heavy atom. The minimum Gasteiger partial charge on any atom is -0.207 e. The summed E-state index contributed by atoms with van der Waals surface area (Å²) in [6, 6.07) is 3.95. The van der Waals surface area contributed by atoms with Crippen molar-refractivity contribution in [1.82, 2.24) is 4.31 Å². The average molecular weight is 336 g/mol. The van der Waals surface area contributed by atoms with E-state index in [1.54, 1.807) is 0 Å². The van der Waals surface area contributed by atoms with Crippen molar-refractivity contribution in [3.8, 4) is 0 Å². The van der Waals surface area contributed by atoms with Gasteiger partial charge in [0.05, 0.1) is 0 Å². The van der Waals surface area contributed by atoms with Crippen molar-refractivity contribution in [3.63, 3.8) is 0 Å². The van der Waals surface area contributed by atoms with Gasteiger partial charge in [0.15, 0.2) is 0 Å². The van der Waals surface area contributed by atoms with Crippen LogP contribution in [0.3, 0.4) is 0 Å². The van der Waals surface area contributed by atoms with Crippen LogP contribution in [0.5, 0.6) is 0 Å². The standard InChI is InChI=1S/C12H15BrFNO2S/c1-12(2,3)11-7-15(11)18(16,17)10-5-4-8(13)6-9(10)14/h4-6,11H,7H2,1-3H3/t11-,15?/m1/s1. The van der Waals surface area contributed by atoms with Gasteiger partial charge in [-0.05, 0) is 23.6 Å². The fourth-order valence-corrected chi connectivity index (χ4v) is 4.03. The number of rotatable bonds is 2. The van der Waals surface area contributed by atoms with Gasteiger partial charge in [0.2, 0.25) is 10.0 Å². The summed E-state index contributed by atoms with van der Waals surface area (Å²) in [5.41, 5.74) is -0.126. The van der Waals surface area contributed by atoms with Gasteiger partial charge in [-0.2, -0.15) is 4.31 Å². The summed E-state index contributed by atoms with van der Waals surface area (Å²) in [4.78, 5) is -0.252. The number of hydrogen-bond acceptors (Lipinski definition) is 2. The molecule has 1 saturated heterocycles. The van der Waals surface area contributed by atoms with Crippen LogP contribution >= 0.6 is 15.9 Å². The number of halogens is 2. The molecule has 1 aliphatic rings. The van der Waals surface area contributed by atoms with E-state index in [0.717, 1.165) is 0 Å². The van der Waals surface area contributed by atoms with Crippen molar-refractivity contribution in [3.05, 3.63) is 28.5 Å². The van der Waals surface area contributed by atoms with Gasteiger partial charge in [-0.15, -0.1) is 0 Å². The highest BCUT2D eigenvalue weighted by Gasteiger charge is 2.51. The van der Waals surface area contributed by atoms with E-state index in [1.807, 2.05) is 20.8 Å². The van der Waals surface area contributed by atoms with Crippen LogP contribution in [-0.4, -0.2) is 25.3 Å². The summed E-state index contributed by atoms with van der Waals surface area (Å²) < 4.78 is 40.1. The molecule has 1 aliphatic heterocycles. The highest BCUT2D eigenvalue weighted by molar-refractivity contribution is 9.10. The molecule has 0 N–H and O–H groups in total. The van der Waals surface area contributed by atoms with E-state index in [0.29, 0.717) is 11.0 Å². The quantitative estimate of drug-likeness (QED) is 0.779. The lowest BCUT2D eigenvalue weighted by Crippen LogP contribution is -2.23. The molecule has 2 atom stereocenters. The maximum atomic E-state index is 13.7. The van der Waals surface area contributed by atoms with E-state index in [9.17, 15) is 12.8 Å². The second kappa shape index (κ2) is 4.28. The second-order valence-electron chi connectivity index (χ2n) is 5.53. The Labute approximate surface area is 115 Å². The molecule has 0 spiro atoms. The third kappa shape index (κ3) is 2.46. The fraction of sp³-hybridized carbons (Fsp3) is 0.500. The van der Waals surface area contributed by atoms with Crippen molar-refractivity contribution in [2.45, 2.75) is 31.7 Å². The normalized spacial score (nSPS) is 24.1. The number of hydrogen-bond donors (Lipinski definition) is 0. The first-order valence-corrected chi connectivity index (χ1v) is 7.84. The summed E-state index contributed by atoms with van der Waals surface area (Å²) in [6.45, 7) is 6.39. The summed E-state index contributed by atoms with van der Waals surface area (Å²) in [7, 11) is -3.71. The monoisotopic (exact) mass is 335 g/mol. The Kier molecular flexibility index (Phi) is 3.32. The number of nitrogens with zero attached hydrogens (tertiary/aromatic N) is 1. The molecule has 18 heavy (non-hydrogen) atoms. The van der Waals surface area contributed by atoms with Crippen LogP contribution in [0.2, 0.25) is 0 Å². The Bertz CT molecular complexity index is 580. The largest absolute Gasteiger partial charge is 0.246 e. The first-order chi connectivity index (χ1) is 8.14. The minimum absolute atomic E-state index is 0.0504. The van der Waals surface area contributed by atoms with Gasteiger partial charge in [0.25, 0.3) is 0 Å². The highest BCUT2D eigenvalue weighted by Crippen LogP contribution is 2.40. The Hall–Kier alpha value is -0.460. The molecule has 100 valence electrons. The second-order valence-corrected chi connectivity index (χ2v) is 8.31. The van der Waals surface area contributed by atoms with E-state index >= 15 is 0 Å². The molecule has 0 radical (unpaired) electrons. The molecule has 3 nitrogen and oxygen atoms in total. The third-order valence-electron chi connectivity index (χ3n) is 3.05. The lowest BCUT2D eigenvalue weighted by molar-refractivity contribution is 0.370. The highest BCUT2D eigenvalue weighted by atomic mass is 79.9. The molecule has 1 heterocycles. The predicted molar refractivity (Wildman–Crippen MR) is 71.2 cm³/mol. The van der Waals surface area contributed by atoms with E-state index < -0.39 is 15.8 Å². The van der Waals surface area contributed by atoms with Crippen molar-refractivity contribution >= 4 is 26.0 Å². The lowest BCUT2D eigenvalue weighted by atomic mass is 9.92. The van der Waals surface area contributed by atoms with Crippen LogP contribution < -0.4 is 0 Å². The Balaban J connectivity index is 2.34. The molecule has 6 heteroatoms. The smallest absolute Gasteiger partial charge is 0.207 e. The maximum absolute atomic E-state index is 13.7. The van der Waals surface area contributed by atoms with Gasteiger partial charge in [0.1, 0.15) is 10.7 Å². The van der Waals surface area contributed by atoms with Crippen molar-refractivity contribution in [2.24, 2.45) is 5.41 Å². The number of benzene rings is 1. The summed E-state index contributed by atoms with van der Waals surface area (Å²) in [5.74, 6) is -0.719. The summed E-state index contributed by atoms with van der Waals surface area (Å²) in [6.07, 6.45) is 0. The maximum Gasteiger partial charge on any atom is 0.246 e. The topological polar surface area (TPSA) is 37.1 Å². The van der Waals surface area contributed by atoms with Crippen LogP contribution in [0.15, 0.2) is 27.6 Å². The van der Waals surface area contributed by atoms with Gasteiger partial charge in [0, 0.05) is 17.1 Å². The van der Waals surface area contributed by atoms with Gasteiger partial charge in [-0.1, -0.05) is 36.7 Å². The lowest BCUT2D eigenvalue weighted by Gasteiger charge is -2.18. The van der Waals surface area contributed by atoms with Crippen LogP contribution in [-0.2, 0) is 10.0 Å². The van der Waals surface area contributed by atoms with Crippen molar-refractivity contribution < 1.29 is 12.8 Å². The molecule has 0 bridgehead atoms. The SMILES string of the molecule is CC(C)(C)[C@H]1CN1S(=O)(=O)c1ccc(Br)cc1F. The molecule has 1 aromatic carbocycles. The molecule has 0 saturated carbocycles. The first kappa shape index (κ1) is 14.0. The van der Waals surface area contributed by atoms with E-state index in [-0.39, 0.29) is 16.4 Å². The Morgan fingerprint density at radius 2 is 2.00 bits per heavy atom. The molecule has 0 aromatic heterocycles. The summed E-state index contributed by atoms with van der Waals surface area (Å²) in [5, 5.41) is 0. The molecule has 2 rings (SSSR count). The van der Waals surface area contributed by atoms with Crippen LogP contribution in [0.25, 0.3) is 0 Å². The van der Waals surface area contributed by atoms with E-state index in [1.165, 1.54) is 22.5 Å². The van der Waals surface area contributed by atoms with Crippen molar-refractivity contribution in [1.29, 1.82) is 0 Å². The zero-order valence-corrected chi connectivity index (χ0v) is 12.8. The van der Waals surface area contributed by atoms with Gasteiger partial charge < -0.3 is 0 Å². The average Bonchev–Trinajstić information content (AvgIpc) is 2.94. The molecule has 1 aromatic rings. The zero-order chi connectivity index (χ0) is 13.7. The van der Waals surface area contributed by atoms with E-state index in [2.05, 4.69) is 15.9 Å². The van der Waals surface area contributed by atoms with Crippen LogP contribution in [0, 0.1) is 11.2 Å². The molecule has 1 fully saturated rings. The van der Waals surface area contributed by atoms with E-state index in [4.69, 9.17) is 0 Å². The van der Waals surface area contributed by atoms with Gasteiger partial charge >= 0.3 is 0 Å². The molecule has 1 unspecified atom stereocenters. The first-order valence-electron chi connectivity index (χ1n) is 5.61. The molecule has 0 aliphatic carbocycles. The minimum atomic E-state index is -3.71. The summed E-state index contributed by atoms with van der Waals surface area (Å²) >= 11 is 3.11. The van der Waals surface area contributed by atoms with Crippen molar-refractivity contribution in [2.75, 3.05) is 6.54 Å². The molecule has 0 amide bonds. The molecular weight excluding hydrogens is 321 g/mol. The third-order valence-corrected chi connectivity index (χ3v) is 5.45. The Morgan fingerprint density at radius 1 is 1.39 bits per heavy atom. The number of sulfonamides is 1. The van der Waals surface area contributed by atoms with Crippen LogP contribution in [0.4, 0.5) is 4.39 Å². The zero-order valence-electron chi connectivity index (χ0n) is 10.4. The fourth-order valence-electron chi connectivity index (χ4n) is 1.91. The molecular formula is C12H15BrFNO2S. The van der Waals surface area contributed by atoms with Gasteiger partial charge in [-0.25, -0.2) is 12.8 Å². The van der Waals surface area contributed by atoms with Gasteiger partial charge in [-0.3, -0.25) is 0 Å². The predicted octanol–water partition coefficient (Wildman–Crippen LogP) is 3.01.